The number of carbonyl (C=O) groups is 1. The number of hydrogen-bond acceptors (Lipinski definition) is 4. The van der Waals surface area contributed by atoms with Gasteiger partial charge in [-0.05, 0) is 26.2 Å². The minimum atomic E-state index is -0.168. The van der Waals surface area contributed by atoms with Crippen molar-refractivity contribution in [3.63, 3.8) is 0 Å². The van der Waals surface area contributed by atoms with Gasteiger partial charge in [0.1, 0.15) is 11.5 Å². The van der Waals surface area contributed by atoms with E-state index >= 15 is 0 Å². The molecule has 1 N–H and O–H groups in total. The molecular formula is C12H19ClN4O. The molecule has 18 heavy (non-hydrogen) atoms. The van der Waals surface area contributed by atoms with Crippen LogP contribution in [0.3, 0.4) is 0 Å². The first kappa shape index (κ1) is 14.7. The van der Waals surface area contributed by atoms with Gasteiger partial charge < -0.3 is 15.1 Å². The fourth-order valence-corrected chi connectivity index (χ4v) is 1.55. The molecule has 6 heteroatoms. The van der Waals surface area contributed by atoms with Crippen molar-refractivity contribution in [2.45, 2.75) is 0 Å². The Morgan fingerprint density at radius 3 is 2.56 bits per heavy atom. The number of likely N-dealkylation sites (N-methyl/N-ethyl adjacent to an activating group) is 2. The molecule has 1 rings (SSSR count). The van der Waals surface area contributed by atoms with E-state index in [2.05, 4.69) is 10.3 Å². The maximum absolute atomic E-state index is 12.2. The Balaban J connectivity index is 2.82. The van der Waals surface area contributed by atoms with E-state index in [1.807, 2.05) is 19.0 Å². The summed E-state index contributed by atoms with van der Waals surface area (Å²) in [4.78, 5) is 20.0. The second-order valence-corrected chi connectivity index (χ2v) is 4.71. The highest BCUT2D eigenvalue weighted by Gasteiger charge is 2.17. The van der Waals surface area contributed by atoms with Crippen LogP contribution in [0.2, 0.25) is 5.02 Å². The second kappa shape index (κ2) is 6.56. The normalized spacial score (nSPS) is 10.6. The summed E-state index contributed by atoms with van der Waals surface area (Å²) in [7, 11) is 7.42. The highest BCUT2D eigenvalue weighted by molar-refractivity contribution is 6.33. The van der Waals surface area contributed by atoms with Crippen molar-refractivity contribution in [1.29, 1.82) is 0 Å². The summed E-state index contributed by atoms with van der Waals surface area (Å²) in [5.41, 5.74) is 0.282. The molecule has 1 aromatic heterocycles. The SMILES string of the molecule is CNc1ccc(Cl)c(C(=O)N(C)CCN(C)C)n1. The third-order valence-corrected chi connectivity index (χ3v) is 2.84. The molecule has 0 aromatic carbocycles. The van der Waals surface area contributed by atoms with E-state index < -0.39 is 0 Å². The highest BCUT2D eigenvalue weighted by atomic mass is 35.5. The van der Waals surface area contributed by atoms with Crippen molar-refractivity contribution < 1.29 is 4.79 Å². The van der Waals surface area contributed by atoms with Gasteiger partial charge >= 0.3 is 0 Å². The minimum Gasteiger partial charge on any atom is -0.373 e. The standard InChI is InChI=1S/C12H19ClN4O/c1-14-10-6-5-9(13)11(15-10)12(18)17(4)8-7-16(2)3/h5-6H,7-8H2,1-4H3,(H,14,15). The molecule has 1 amide bonds. The predicted molar refractivity (Wildman–Crippen MR) is 74.3 cm³/mol. The van der Waals surface area contributed by atoms with E-state index in [-0.39, 0.29) is 11.6 Å². The molecule has 0 radical (unpaired) electrons. The number of anilines is 1. The van der Waals surface area contributed by atoms with Crippen molar-refractivity contribution in [2.24, 2.45) is 0 Å². The van der Waals surface area contributed by atoms with E-state index in [1.54, 1.807) is 31.1 Å². The second-order valence-electron chi connectivity index (χ2n) is 4.31. The number of carbonyl (C=O) groups excluding carboxylic acids is 1. The van der Waals surface area contributed by atoms with Crippen molar-refractivity contribution in [1.82, 2.24) is 14.8 Å². The Bertz CT molecular complexity index is 423. The summed E-state index contributed by atoms with van der Waals surface area (Å²) in [6.07, 6.45) is 0. The largest absolute Gasteiger partial charge is 0.373 e. The molecule has 0 aliphatic heterocycles. The van der Waals surface area contributed by atoms with E-state index in [4.69, 9.17) is 11.6 Å². The van der Waals surface area contributed by atoms with Gasteiger partial charge in [-0.2, -0.15) is 0 Å². The lowest BCUT2D eigenvalue weighted by Gasteiger charge is -2.19. The van der Waals surface area contributed by atoms with Crippen LogP contribution in [0.1, 0.15) is 10.5 Å². The van der Waals surface area contributed by atoms with Crippen LogP contribution < -0.4 is 5.32 Å². The fraction of sp³-hybridized carbons (Fsp3) is 0.500. The molecule has 0 saturated heterocycles. The zero-order chi connectivity index (χ0) is 13.7. The fourth-order valence-electron chi connectivity index (χ4n) is 1.36. The molecule has 5 nitrogen and oxygen atoms in total. The van der Waals surface area contributed by atoms with E-state index in [0.717, 1.165) is 6.54 Å². The van der Waals surface area contributed by atoms with E-state index in [9.17, 15) is 4.79 Å². The third kappa shape index (κ3) is 3.85. The maximum atomic E-state index is 12.2. The van der Waals surface area contributed by atoms with E-state index in [0.29, 0.717) is 17.4 Å². The predicted octanol–water partition coefficient (Wildman–Crippen LogP) is 1.41. The van der Waals surface area contributed by atoms with Crippen LogP contribution in [0.25, 0.3) is 0 Å². The van der Waals surface area contributed by atoms with Gasteiger partial charge in [0.05, 0.1) is 5.02 Å². The van der Waals surface area contributed by atoms with Gasteiger partial charge in [0.25, 0.3) is 5.91 Å². The zero-order valence-corrected chi connectivity index (χ0v) is 12.0. The van der Waals surface area contributed by atoms with Crippen LogP contribution in [0, 0.1) is 0 Å². The Morgan fingerprint density at radius 2 is 2.00 bits per heavy atom. The molecule has 0 atom stereocenters. The van der Waals surface area contributed by atoms with Crippen molar-refractivity contribution in [2.75, 3.05) is 46.6 Å². The molecule has 0 aliphatic rings. The number of nitrogens with zero attached hydrogens (tertiary/aromatic N) is 3. The topological polar surface area (TPSA) is 48.5 Å². The van der Waals surface area contributed by atoms with E-state index in [1.165, 1.54) is 0 Å². The first-order chi connectivity index (χ1) is 8.45. The van der Waals surface area contributed by atoms with Gasteiger partial charge in [-0.15, -0.1) is 0 Å². The van der Waals surface area contributed by atoms with Crippen LogP contribution in [0.5, 0.6) is 0 Å². The maximum Gasteiger partial charge on any atom is 0.273 e. The minimum absolute atomic E-state index is 0.168. The first-order valence-electron chi connectivity index (χ1n) is 5.70. The van der Waals surface area contributed by atoms with Crippen molar-refractivity contribution >= 4 is 23.3 Å². The molecule has 0 saturated carbocycles. The number of pyridine rings is 1. The number of rotatable bonds is 5. The monoisotopic (exact) mass is 270 g/mol. The number of amides is 1. The van der Waals surface area contributed by atoms with Crippen LogP contribution in [0.15, 0.2) is 12.1 Å². The van der Waals surface area contributed by atoms with Gasteiger partial charge in [0, 0.05) is 27.2 Å². The average molecular weight is 271 g/mol. The van der Waals surface area contributed by atoms with Gasteiger partial charge in [0.2, 0.25) is 0 Å². The van der Waals surface area contributed by atoms with Crippen LogP contribution in [0.4, 0.5) is 5.82 Å². The average Bonchev–Trinajstić information content (AvgIpc) is 2.35. The molecule has 0 unspecified atom stereocenters. The van der Waals surface area contributed by atoms with Crippen molar-refractivity contribution in [3.05, 3.63) is 22.8 Å². The number of aromatic nitrogens is 1. The smallest absolute Gasteiger partial charge is 0.273 e. The molecule has 1 heterocycles. The summed E-state index contributed by atoms with van der Waals surface area (Å²) in [5, 5.41) is 3.26. The lowest BCUT2D eigenvalue weighted by Crippen LogP contribution is -2.34. The Kier molecular flexibility index (Phi) is 5.37. The van der Waals surface area contributed by atoms with Crippen LogP contribution in [-0.2, 0) is 0 Å². The Labute approximate surface area is 113 Å². The molecule has 0 fully saturated rings. The van der Waals surface area contributed by atoms with Crippen LogP contribution in [-0.4, -0.2) is 62.0 Å². The summed E-state index contributed by atoms with van der Waals surface area (Å²) in [5.74, 6) is 0.461. The molecule has 1 aromatic rings. The number of halogens is 1. The Hall–Kier alpha value is -1.33. The van der Waals surface area contributed by atoms with Gasteiger partial charge in [-0.1, -0.05) is 11.6 Å². The van der Waals surface area contributed by atoms with Crippen LogP contribution >= 0.6 is 11.6 Å². The lowest BCUT2D eigenvalue weighted by molar-refractivity contribution is 0.0781. The highest BCUT2D eigenvalue weighted by Crippen LogP contribution is 2.17. The molecule has 0 aliphatic carbocycles. The molecule has 0 bridgehead atoms. The van der Waals surface area contributed by atoms with Gasteiger partial charge in [0.15, 0.2) is 0 Å². The third-order valence-electron chi connectivity index (χ3n) is 2.53. The molecular weight excluding hydrogens is 252 g/mol. The molecule has 0 spiro atoms. The summed E-state index contributed by atoms with van der Waals surface area (Å²) >= 11 is 6.01. The van der Waals surface area contributed by atoms with Gasteiger partial charge in [-0.3, -0.25) is 4.79 Å². The Morgan fingerprint density at radius 1 is 1.33 bits per heavy atom. The number of nitrogens with one attached hydrogen (secondary N) is 1. The number of hydrogen-bond donors (Lipinski definition) is 1. The van der Waals surface area contributed by atoms with Gasteiger partial charge in [-0.25, -0.2) is 4.98 Å². The zero-order valence-electron chi connectivity index (χ0n) is 11.2. The summed E-state index contributed by atoms with van der Waals surface area (Å²) < 4.78 is 0. The summed E-state index contributed by atoms with van der Waals surface area (Å²) in [6.45, 7) is 1.43. The summed E-state index contributed by atoms with van der Waals surface area (Å²) in [6, 6.07) is 3.41. The quantitative estimate of drug-likeness (QED) is 0.879. The lowest BCUT2D eigenvalue weighted by atomic mass is 10.3. The first-order valence-corrected chi connectivity index (χ1v) is 6.08. The molecule has 100 valence electrons. The van der Waals surface area contributed by atoms with Crippen molar-refractivity contribution in [3.8, 4) is 0 Å².